The molecule has 0 aliphatic carbocycles. The number of likely N-dealkylation sites (tertiary alicyclic amines) is 1. The molecule has 25 heavy (non-hydrogen) atoms. The average Bonchev–Trinajstić information content (AvgIpc) is 2.47. The molecule has 0 aromatic carbocycles. The summed E-state index contributed by atoms with van der Waals surface area (Å²) in [5, 5.41) is -0.422. The van der Waals surface area contributed by atoms with Gasteiger partial charge < -0.3 is 9.64 Å². The van der Waals surface area contributed by atoms with Gasteiger partial charge in [-0.15, -0.1) is 0 Å². The number of hydrogen-bond donors (Lipinski definition) is 0. The third kappa shape index (κ3) is 5.63. The summed E-state index contributed by atoms with van der Waals surface area (Å²) in [5.41, 5.74) is -0.323. The summed E-state index contributed by atoms with van der Waals surface area (Å²) in [4.78, 5) is 17.5. The number of ether oxygens (including phenoxy) is 1. The van der Waals surface area contributed by atoms with E-state index in [-0.39, 0.29) is 11.8 Å². The zero-order chi connectivity index (χ0) is 18.8. The lowest BCUT2D eigenvalue weighted by Gasteiger charge is -2.31. The Hall–Kier alpha value is -1.76. The van der Waals surface area contributed by atoms with E-state index in [4.69, 9.17) is 16.3 Å². The molecular weight excluding hydrogens is 357 g/mol. The molecule has 0 spiro atoms. The molecule has 0 N–H and O–H groups in total. The number of halogens is 4. The highest BCUT2D eigenvalue weighted by molar-refractivity contribution is 6.31. The highest BCUT2D eigenvalue weighted by Crippen LogP contribution is 2.35. The van der Waals surface area contributed by atoms with Gasteiger partial charge in [-0.25, -0.2) is 4.79 Å². The second-order valence-corrected chi connectivity index (χ2v) is 7.26. The van der Waals surface area contributed by atoms with E-state index in [1.807, 2.05) is 0 Å². The Morgan fingerprint density at radius 1 is 1.28 bits per heavy atom. The number of nitrogens with zero attached hydrogens (tertiary/aromatic N) is 2. The molecule has 1 aliphatic heterocycles. The first-order chi connectivity index (χ1) is 11.5. The maximum atomic E-state index is 12.9. The van der Waals surface area contributed by atoms with Gasteiger partial charge in [0, 0.05) is 19.3 Å². The fraction of sp³-hybridized carbons (Fsp3) is 0.529. The normalized spacial score (nSPS) is 16.0. The Morgan fingerprint density at radius 2 is 1.88 bits per heavy atom. The van der Waals surface area contributed by atoms with Crippen LogP contribution in [0.4, 0.5) is 18.0 Å². The second kappa shape index (κ2) is 7.23. The number of pyridine rings is 1. The van der Waals surface area contributed by atoms with Crippen molar-refractivity contribution in [2.75, 3.05) is 13.1 Å². The van der Waals surface area contributed by atoms with Crippen molar-refractivity contribution >= 4 is 23.8 Å². The van der Waals surface area contributed by atoms with Crippen LogP contribution in [-0.4, -0.2) is 34.7 Å². The van der Waals surface area contributed by atoms with Crippen molar-refractivity contribution in [1.29, 1.82) is 0 Å². The number of aromatic nitrogens is 1. The second-order valence-electron chi connectivity index (χ2n) is 6.86. The number of alkyl halides is 3. The number of carbonyl (C=O) groups is 1. The molecule has 1 saturated heterocycles. The molecule has 2 heterocycles. The van der Waals surface area contributed by atoms with E-state index in [2.05, 4.69) is 4.98 Å². The van der Waals surface area contributed by atoms with Gasteiger partial charge in [-0.05, 0) is 45.8 Å². The van der Waals surface area contributed by atoms with E-state index in [0.29, 0.717) is 25.9 Å². The van der Waals surface area contributed by atoms with Crippen molar-refractivity contribution in [3.63, 3.8) is 0 Å². The molecule has 0 radical (unpaired) electrons. The molecule has 4 nitrogen and oxygen atoms in total. The highest BCUT2D eigenvalue weighted by atomic mass is 35.5. The molecule has 1 aromatic heterocycles. The first kappa shape index (κ1) is 19.6. The van der Waals surface area contributed by atoms with Gasteiger partial charge in [0.15, 0.2) is 0 Å². The lowest BCUT2D eigenvalue weighted by atomic mass is 10.0. The molecule has 2 rings (SSSR count). The van der Waals surface area contributed by atoms with Gasteiger partial charge in [-0.2, -0.15) is 13.2 Å². The van der Waals surface area contributed by atoms with Crippen LogP contribution in [0.25, 0.3) is 6.08 Å². The number of hydrogen-bond acceptors (Lipinski definition) is 3. The Kier molecular flexibility index (Phi) is 5.66. The topological polar surface area (TPSA) is 42.4 Å². The third-order valence-electron chi connectivity index (χ3n) is 3.59. The number of amides is 1. The van der Waals surface area contributed by atoms with Crippen LogP contribution >= 0.6 is 11.6 Å². The molecule has 1 amide bonds. The molecule has 138 valence electrons. The molecule has 0 unspecified atom stereocenters. The predicted molar refractivity (Wildman–Crippen MR) is 89.3 cm³/mol. The average molecular weight is 377 g/mol. The summed E-state index contributed by atoms with van der Waals surface area (Å²) >= 11 is 5.57. The maximum absolute atomic E-state index is 12.9. The summed E-state index contributed by atoms with van der Waals surface area (Å²) in [6.45, 7) is 6.31. The van der Waals surface area contributed by atoms with Crippen molar-refractivity contribution < 1.29 is 22.7 Å². The van der Waals surface area contributed by atoms with Crippen LogP contribution in [0.1, 0.15) is 44.9 Å². The molecule has 0 bridgehead atoms. The summed E-state index contributed by atoms with van der Waals surface area (Å²) in [6.07, 6.45) is -1.15. The quantitative estimate of drug-likeness (QED) is 0.679. The maximum Gasteiger partial charge on any atom is 0.417 e. The molecule has 1 aromatic rings. The summed E-state index contributed by atoms with van der Waals surface area (Å²) in [6, 6.07) is 0.940. The molecular formula is C17H20ClF3N2O2. The van der Waals surface area contributed by atoms with Crippen LogP contribution in [0.2, 0.25) is 5.02 Å². The number of piperidine rings is 1. The zero-order valence-corrected chi connectivity index (χ0v) is 15.0. The van der Waals surface area contributed by atoms with Crippen molar-refractivity contribution in [2.45, 2.75) is 45.4 Å². The van der Waals surface area contributed by atoms with E-state index in [0.717, 1.165) is 17.8 Å². The number of rotatable bonds is 1. The minimum absolute atomic E-state index is 0.206. The summed E-state index contributed by atoms with van der Waals surface area (Å²) in [7, 11) is 0. The number of carbonyl (C=O) groups excluding carboxylic acids is 1. The van der Waals surface area contributed by atoms with Gasteiger partial charge in [-0.3, -0.25) is 4.98 Å². The van der Waals surface area contributed by atoms with Crippen molar-refractivity contribution in [1.82, 2.24) is 9.88 Å². The van der Waals surface area contributed by atoms with Crippen molar-refractivity contribution in [3.8, 4) is 0 Å². The van der Waals surface area contributed by atoms with Crippen molar-refractivity contribution in [3.05, 3.63) is 34.1 Å². The summed E-state index contributed by atoms with van der Waals surface area (Å²) < 4.78 is 44.0. The van der Waals surface area contributed by atoms with Crippen LogP contribution < -0.4 is 0 Å². The zero-order valence-electron chi connectivity index (χ0n) is 14.3. The lowest BCUT2D eigenvalue weighted by Crippen LogP contribution is -2.40. The molecule has 1 fully saturated rings. The van der Waals surface area contributed by atoms with E-state index in [1.54, 1.807) is 31.7 Å². The minimum atomic E-state index is -4.52. The van der Waals surface area contributed by atoms with Gasteiger partial charge in [-0.1, -0.05) is 17.2 Å². The van der Waals surface area contributed by atoms with Gasteiger partial charge in [0.05, 0.1) is 16.3 Å². The molecule has 0 atom stereocenters. The SMILES string of the molecule is CC(C)(C)OC(=O)N1CCC(=Cc2cc(C(F)(F)F)c(Cl)cn2)CC1. The third-order valence-corrected chi connectivity index (χ3v) is 3.89. The fourth-order valence-electron chi connectivity index (χ4n) is 2.41. The Balaban J connectivity index is 2.05. The first-order valence-electron chi connectivity index (χ1n) is 7.86. The van der Waals surface area contributed by atoms with Crippen LogP contribution in [0.5, 0.6) is 0 Å². The van der Waals surface area contributed by atoms with Crippen LogP contribution in [0, 0.1) is 0 Å². The van der Waals surface area contributed by atoms with Gasteiger partial charge in [0.1, 0.15) is 5.60 Å². The van der Waals surface area contributed by atoms with Crippen LogP contribution in [-0.2, 0) is 10.9 Å². The molecule has 0 saturated carbocycles. The molecule has 8 heteroatoms. The van der Waals surface area contributed by atoms with Gasteiger partial charge >= 0.3 is 12.3 Å². The largest absolute Gasteiger partial charge is 0.444 e. The molecule has 1 aliphatic rings. The predicted octanol–water partition coefficient (Wildman–Crippen LogP) is 5.17. The first-order valence-corrected chi connectivity index (χ1v) is 8.23. The standard InChI is InChI=1S/C17H20ClF3N2O2/c1-16(2,3)25-15(24)23-6-4-11(5-7-23)8-12-9-13(17(19,20)21)14(18)10-22-12/h8-10H,4-7H2,1-3H3. The monoisotopic (exact) mass is 376 g/mol. The van der Waals surface area contributed by atoms with Gasteiger partial charge in [0.25, 0.3) is 0 Å². The Labute approximate surface area is 149 Å². The minimum Gasteiger partial charge on any atom is -0.444 e. The Morgan fingerprint density at radius 3 is 2.40 bits per heavy atom. The van der Waals surface area contributed by atoms with Crippen LogP contribution in [0.3, 0.4) is 0 Å². The highest BCUT2D eigenvalue weighted by Gasteiger charge is 2.33. The van der Waals surface area contributed by atoms with Crippen molar-refractivity contribution in [2.24, 2.45) is 0 Å². The fourth-order valence-corrected chi connectivity index (χ4v) is 2.62. The van der Waals surface area contributed by atoms with E-state index in [1.165, 1.54) is 0 Å². The van der Waals surface area contributed by atoms with E-state index >= 15 is 0 Å². The summed E-state index contributed by atoms with van der Waals surface area (Å²) in [5.74, 6) is 0. The van der Waals surface area contributed by atoms with Gasteiger partial charge in [0.2, 0.25) is 0 Å². The van der Waals surface area contributed by atoms with Crippen LogP contribution in [0.15, 0.2) is 17.8 Å². The van der Waals surface area contributed by atoms with E-state index < -0.39 is 22.4 Å². The van der Waals surface area contributed by atoms with E-state index in [9.17, 15) is 18.0 Å². The Bertz CT molecular complexity index is 671. The lowest BCUT2D eigenvalue weighted by molar-refractivity contribution is -0.137. The smallest absolute Gasteiger partial charge is 0.417 e.